The van der Waals surface area contributed by atoms with Crippen LogP contribution in [0.2, 0.25) is 5.02 Å². The summed E-state index contributed by atoms with van der Waals surface area (Å²) in [4.78, 5) is 13.6. The molecule has 11 heteroatoms. The van der Waals surface area contributed by atoms with Crippen molar-refractivity contribution in [1.82, 2.24) is 4.90 Å². The van der Waals surface area contributed by atoms with E-state index in [1.54, 1.807) is 0 Å². The van der Waals surface area contributed by atoms with Crippen LogP contribution in [0.4, 0.5) is 22.0 Å². The van der Waals surface area contributed by atoms with Gasteiger partial charge in [-0.1, -0.05) is 11.6 Å². The monoisotopic (exact) mass is 551 g/mol. The average Bonchev–Trinajstić information content (AvgIpc) is 3.58. The van der Waals surface area contributed by atoms with E-state index in [1.165, 1.54) is 12.1 Å². The van der Waals surface area contributed by atoms with Crippen LogP contribution in [0.3, 0.4) is 0 Å². The van der Waals surface area contributed by atoms with Crippen molar-refractivity contribution in [2.24, 2.45) is 0 Å². The molecule has 36 heavy (non-hydrogen) atoms. The lowest BCUT2D eigenvalue weighted by Crippen LogP contribution is -2.46. The second kappa shape index (κ2) is 9.99. The van der Waals surface area contributed by atoms with Crippen LogP contribution in [0.1, 0.15) is 71.5 Å². The highest BCUT2D eigenvalue weighted by molar-refractivity contribution is 6.30. The molecule has 2 aromatic rings. The summed E-state index contributed by atoms with van der Waals surface area (Å²) < 4.78 is 74.9. The van der Waals surface area contributed by atoms with Crippen LogP contribution in [-0.2, 0) is 12.7 Å². The molecule has 3 aliphatic rings. The van der Waals surface area contributed by atoms with E-state index in [1.807, 2.05) is 0 Å². The highest BCUT2D eigenvalue weighted by atomic mass is 35.5. The van der Waals surface area contributed by atoms with Crippen LogP contribution in [0.15, 0.2) is 24.3 Å². The molecule has 1 saturated carbocycles. The molecule has 0 radical (unpaired) electrons. The number of halogens is 7. The van der Waals surface area contributed by atoms with Gasteiger partial charge in [-0.25, -0.2) is 13.6 Å². The van der Waals surface area contributed by atoms with Gasteiger partial charge in [0.05, 0.1) is 10.6 Å². The summed E-state index contributed by atoms with van der Waals surface area (Å²) in [6, 6.07) is 4.28. The molecular formula is C25H24Cl2F5NO3. The van der Waals surface area contributed by atoms with E-state index in [9.17, 15) is 31.9 Å². The quantitative estimate of drug-likeness (QED) is 0.385. The van der Waals surface area contributed by atoms with Gasteiger partial charge >= 0.3 is 12.1 Å². The Bertz CT molecular complexity index is 1160. The Labute approximate surface area is 215 Å². The summed E-state index contributed by atoms with van der Waals surface area (Å²) in [7, 11) is 0. The Balaban J connectivity index is 0.00000304. The molecular weight excluding hydrogens is 528 g/mol. The normalized spacial score (nSPS) is 23.9. The van der Waals surface area contributed by atoms with Crippen LogP contribution in [0.5, 0.6) is 5.75 Å². The number of hydrogen-bond acceptors (Lipinski definition) is 3. The third kappa shape index (κ3) is 5.15. The molecule has 2 saturated heterocycles. The van der Waals surface area contributed by atoms with E-state index >= 15 is 0 Å². The molecule has 196 valence electrons. The SMILES string of the molecule is Cl.O=C(O)c1cc(C2CC2)c(CN2[C@@H]3CC[C@H]2C[C@@H](Oc2c(C(F)(F)F)ccc(Cl)c2F)C3)cc1F. The number of nitrogens with zero attached hydrogens (tertiary/aromatic N) is 1. The van der Waals surface area contributed by atoms with Gasteiger partial charge in [0.2, 0.25) is 0 Å². The predicted octanol–water partition coefficient (Wildman–Crippen LogP) is 7.21. The lowest BCUT2D eigenvalue weighted by Gasteiger charge is -2.39. The maximum absolute atomic E-state index is 14.5. The van der Waals surface area contributed by atoms with Crippen molar-refractivity contribution >= 4 is 30.0 Å². The van der Waals surface area contributed by atoms with Gasteiger partial charge in [-0.3, -0.25) is 4.90 Å². The number of aromatic carboxylic acids is 1. The Morgan fingerprint density at radius 3 is 2.28 bits per heavy atom. The van der Waals surface area contributed by atoms with E-state index in [2.05, 4.69) is 4.90 Å². The van der Waals surface area contributed by atoms with Crippen molar-refractivity contribution in [3.8, 4) is 5.75 Å². The zero-order valence-electron chi connectivity index (χ0n) is 19.0. The molecule has 3 atom stereocenters. The number of alkyl halides is 3. The van der Waals surface area contributed by atoms with E-state index in [4.69, 9.17) is 16.3 Å². The lowest BCUT2D eigenvalue weighted by molar-refractivity contribution is -0.139. The smallest absolute Gasteiger partial charge is 0.420 e. The van der Waals surface area contributed by atoms with Crippen molar-refractivity contribution < 1.29 is 36.6 Å². The van der Waals surface area contributed by atoms with Crippen molar-refractivity contribution in [1.29, 1.82) is 0 Å². The number of ether oxygens (including phenoxy) is 1. The summed E-state index contributed by atoms with van der Waals surface area (Å²) in [6.45, 7) is 0.421. The van der Waals surface area contributed by atoms with Gasteiger partial charge in [-0.15, -0.1) is 12.4 Å². The fourth-order valence-electron chi connectivity index (χ4n) is 5.52. The summed E-state index contributed by atoms with van der Waals surface area (Å²) in [5.74, 6) is -3.96. The van der Waals surface area contributed by atoms with Crippen molar-refractivity contribution in [3.05, 3.63) is 63.2 Å². The van der Waals surface area contributed by atoms with E-state index in [0.717, 1.165) is 48.9 Å². The molecule has 2 aromatic carbocycles. The lowest BCUT2D eigenvalue weighted by atomic mass is 9.95. The molecule has 0 aromatic heterocycles. The van der Waals surface area contributed by atoms with Gasteiger partial charge in [0, 0.05) is 18.6 Å². The number of carboxylic acid groups (broad SMARTS) is 1. The van der Waals surface area contributed by atoms with Crippen LogP contribution < -0.4 is 4.74 Å². The predicted molar refractivity (Wildman–Crippen MR) is 125 cm³/mol. The number of fused-ring (bicyclic) bond motifs is 2. The number of carbonyl (C=O) groups is 1. The highest BCUT2D eigenvalue weighted by Gasteiger charge is 2.44. The number of benzene rings is 2. The first-order valence-electron chi connectivity index (χ1n) is 11.6. The van der Waals surface area contributed by atoms with E-state index < -0.39 is 46.2 Å². The molecule has 1 aliphatic carbocycles. The standard InChI is InChI=1S/C25H23ClF5NO3.ClH/c26-20-6-5-19(25(29,30)31)23(22(20)28)35-16-8-14-3-4-15(9-16)32(14)11-13-7-21(27)18(24(33)34)10-17(13)12-1-2-12;/h5-7,10,12,14-16H,1-4,8-9,11H2,(H,33,34);1H/t14-,15+,16+;. The third-order valence-corrected chi connectivity index (χ3v) is 7.60. The van der Waals surface area contributed by atoms with Crippen molar-refractivity contribution in [2.45, 2.75) is 75.4 Å². The fourth-order valence-corrected chi connectivity index (χ4v) is 5.67. The first-order valence-corrected chi connectivity index (χ1v) is 11.9. The molecule has 0 amide bonds. The van der Waals surface area contributed by atoms with Crippen LogP contribution in [0, 0.1) is 11.6 Å². The summed E-state index contributed by atoms with van der Waals surface area (Å²) in [5.41, 5.74) is 0.0518. The van der Waals surface area contributed by atoms with E-state index in [-0.39, 0.29) is 36.0 Å². The highest BCUT2D eigenvalue weighted by Crippen LogP contribution is 2.46. The van der Waals surface area contributed by atoms with Gasteiger partial charge in [0.1, 0.15) is 17.5 Å². The van der Waals surface area contributed by atoms with E-state index in [0.29, 0.717) is 19.4 Å². The van der Waals surface area contributed by atoms with Crippen molar-refractivity contribution in [2.75, 3.05) is 0 Å². The van der Waals surface area contributed by atoms with Crippen molar-refractivity contribution in [3.63, 3.8) is 0 Å². The van der Waals surface area contributed by atoms with Crippen LogP contribution >= 0.6 is 24.0 Å². The summed E-state index contributed by atoms with van der Waals surface area (Å²) in [6.07, 6.45) is -1.17. The largest absolute Gasteiger partial charge is 0.487 e. The molecule has 2 heterocycles. The minimum atomic E-state index is -4.79. The average molecular weight is 552 g/mol. The van der Waals surface area contributed by atoms with Gasteiger partial charge in [-0.2, -0.15) is 13.2 Å². The molecule has 2 bridgehead atoms. The zero-order valence-corrected chi connectivity index (χ0v) is 20.5. The summed E-state index contributed by atoms with van der Waals surface area (Å²) in [5, 5.41) is 8.85. The minimum Gasteiger partial charge on any atom is -0.487 e. The Kier molecular flexibility index (Phi) is 7.48. The van der Waals surface area contributed by atoms with Gasteiger partial charge in [0.25, 0.3) is 0 Å². The zero-order chi connectivity index (χ0) is 25.1. The Morgan fingerprint density at radius 2 is 1.72 bits per heavy atom. The molecule has 1 N–H and O–H groups in total. The topological polar surface area (TPSA) is 49.8 Å². The molecule has 4 nitrogen and oxygen atoms in total. The molecule has 3 fully saturated rings. The Hall–Kier alpha value is -2.10. The first kappa shape index (κ1) is 26.9. The second-order valence-corrected chi connectivity index (χ2v) is 10.0. The molecule has 5 rings (SSSR count). The van der Waals surface area contributed by atoms with Crippen LogP contribution in [-0.4, -0.2) is 34.2 Å². The fraction of sp³-hybridized carbons (Fsp3) is 0.480. The number of hydrogen-bond donors (Lipinski definition) is 1. The molecule has 0 unspecified atom stereocenters. The van der Waals surface area contributed by atoms with Gasteiger partial charge in [0.15, 0.2) is 11.6 Å². The van der Waals surface area contributed by atoms with Gasteiger partial charge in [-0.05, 0) is 79.8 Å². The number of rotatable bonds is 6. The molecule has 0 spiro atoms. The minimum absolute atomic E-state index is 0. The van der Waals surface area contributed by atoms with Crippen LogP contribution in [0.25, 0.3) is 0 Å². The Morgan fingerprint density at radius 1 is 1.08 bits per heavy atom. The molecule has 2 aliphatic heterocycles. The second-order valence-electron chi connectivity index (χ2n) is 9.61. The number of carboxylic acids is 1. The number of piperidine rings is 1. The summed E-state index contributed by atoms with van der Waals surface area (Å²) >= 11 is 5.73. The van der Waals surface area contributed by atoms with Gasteiger partial charge < -0.3 is 9.84 Å². The first-order chi connectivity index (χ1) is 16.5. The maximum Gasteiger partial charge on any atom is 0.420 e. The third-order valence-electron chi connectivity index (χ3n) is 7.31. The maximum atomic E-state index is 14.5.